The second-order valence-corrected chi connectivity index (χ2v) is 5.87. The average Bonchev–Trinajstić information content (AvgIpc) is 2.39. The van der Waals surface area contributed by atoms with E-state index in [9.17, 15) is 0 Å². The summed E-state index contributed by atoms with van der Waals surface area (Å²) >= 11 is 5.92. The minimum Gasteiger partial charge on any atom is -0.340 e. The summed E-state index contributed by atoms with van der Waals surface area (Å²) in [5.41, 5.74) is 3.43. The molecule has 0 amide bonds. The molecule has 100 valence electrons. The van der Waals surface area contributed by atoms with Crippen LogP contribution < -0.4 is 5.32 Å². The maximum absolute atomic E-state index is 5.92. The highest BCUT2D eigenvalue weighted by Crippen LogP contribution is 2.24. The second kappa shape index (κ2) is 5.62. The molecule has 0 aliphatic heterocycles. The molecule has 0 aliphatic carbocycles. The van der Waals surface area contributed by atoms with Gasteiger partial charge in [-0.1, -0.05) is 45.0 Å². The first kappa shape index (κ1) is 13.9. The first-order valence-electron chi connectivity index (χ1n) is 6.38. The molecule has 1 N–H and O–H groups in total. The number of pyridine rings is 1. The van der Waals surface area contributed by atoms with Gasteiger partial charge in [-0.05, 0) is 28.7 Å². The molecule has 1 heterocycles. The molecule has 0 fully saturated rings. The molecular weight excluding hydrogens is 256 g/mol. The van der Waals surface area contributed by atoms with Crippen LogP contribution in [0, 0.1) is 0 Å². The van der Waals surface area contributed by atoms with Crippen LogP contribution in [0.4, 0.5) is 11.5 Å². The van der Waals surface area contributed by atoms with Crippen LogP contribution in [-0.4, -0.2) is 4.98 Å². The van der Waals surface area contributed by atoms with Gasteiger partial charge in [-0.3, -0.25) is 0 Å². The Labute approximate surface area is 119 Å². The molecule has 3 heteroatoms. The van der Waals surface area contributed by atoms with E-state index in [4.69, 9.17) is 11.6 Å². The van der Waals surface area contributed by atoms with Crippen LogP contribution in [0.3, 0.4) is 0 Å². The van der Waals surface area contributed by atoms with Gasteiger partial charge in [-0.15, -0.1) is 11.6 Å². The van der Waals surface area contributed by atoms with Crippen molar-refractivity contribution < 1.29 is 0 Å². The normalized spacial score (nSPS) is 11.4. The lowest BCUT2D eigenvalue weighted by atomic mass is 9.88. The van der Waals surface area contributed by atoms with Crippen LogP contribution in [-0.2, 0) is 11.3 Å². The third kappa shape index (κ3) is 3.48. The van der Waals surface area contributed by atoms with Crippen LogP contribution in [0.15, 0.2) is 42.6 Å². The Hall–Kier alpha value is -1.54. The predicted octanol–water partition coefficient (Wildman–Crippen LogP) is 4.86. The zero-order chi connectivity index (χ0) is 13.9. The quantitative estimate of drug-likeness (QED) is 0.809. The number of para-hydroxylation sites is 1. The highest BCUT2D eigenvalue weighted by Gasteiger charge is 2.13. The number of halogens is 1. The first-order chi connectivity index (χ1) is 9.00. The lowest BCUT2D eigenvalue weighted by molar-refractivity contribution is 0.587. The minimum absolute atomic E-state index is 0.125. The average molecular weight is 275 g/mol. The molecule has 0 saturated carbocycles. The lowest BCUT2D eigenvalue weighted by Gasteiger charge is -2.18. The maximum atomic E-state index is 5.92. The molecule has 0 radical (unpaired) electrons. The Balaban J connectivity index is 2.20. The summed E-state index contributed by atoms with van der Waals surface area (Å²) in [5.74, 6) is 1.33. The van der Waals surface area contributed by atoms with Crippen LogP contribution >= 0.6 is 11.6 Å². The van der Waals surface area contributed by atoms with Gasteiger partial charge in [-0.2, -0.15) is 0 Å². The SMILES string of the molecule is CC(C)(C)c1ccc(Nc2ccccc2CCl)nc1. The van der Waals surface area contributed by atoms with Gasteiger partial charge in [0, 0.05) is 17.8 Å². The number of rotatable bonds is 3. The molecular formula is C16H19ClN2. The summed E-state index contributed by atoms with van der Waals surface area (Å²) in [7, 11) is 0. The number of hydrogen-bond acceptors (Lipinski definition) is 2. The van der Waals surface area contributed by atoms with Crippen molar-refractivity contribution in [3.8, 4) is 0 Å². The third-order valence-electron chi connectivity index (χ3n) is 3.05. The molecule has 19 heavy (non-hydrogen) atoms. The molecule has 2 nitrogen and oxygen atoms in total. The molecule has 0 aliphatic rings. The van der Waals surface area contributed by atoms with Gasteiger partial charge in [0.2, 0.25) is 0 Å². The van der Waals surface area contributed by atoms with Crippen molar-refractivity contribution in [2.24, 2.45) is 0 Å². The van der Waals surface area contributed by atoms with Crippen molar-refractivity contribution in [3.63, 3.8) is 0 Å². The number of nitrogens with one attached hydrogen (secondary N) is 1. The van der Waals surface area contributed by atoms with Gasteiger partial charge in [0.05, 0.1) is 0 Å². The fourth-order valence-electron chi connectivity index (χ4n) is 1.81. The van der Waals surface area contributed by atoms with Crippen molar-refractivity contribution in [3.05, 3.63) is 53.7 Å². The van der Waals surface area contributed by atoms with Crippen molar-refractivity contribution >= 4 is 23.1 Å². The van der Waals surface area contributed by atoms with Crippen LogP contribution in [0.5, 0.6) is 0 Å². The fourth-order valence-corrected chi connectivity index (χ4v) is 2.04. The summed E-state index contributed by atoms with van der Waals surface area (Å²) in [6.07, 6.45) is 1.92. The Kier molecular flexibility index (Phi) is 4.11. The van der Waals surface area contributed by atoms with Crippen LogP contribution in [0.25, 0.3) is 0 Å². The number of benzene rings is 1. The van der Waals surface area contributed by atoms with Crippen LogP contribution in [0.1, 0.15) is 31.9 Å². The highest BCUT2D eigenvalue weighted by atomic mass is 35.5. The van der Waals surface area contributed by atoms with E-state index < -0.39 is 0 Å². The van der Waals surface area contributed by atoms with E-state index in [1.807, 2.05) is 36.5 Å². The highest BCUT2D eigenvalue weighted by molar-refractivity contribution is 6.17. The molecule has 0 saturated heterocycles. The fraction of sp³-hybridized carbons (Fsp3) is 0.312. The van der Waals surface area contributed by atoms with Crippen molar-refractivity contribution in [1.82, 2.24) is 4.98 Å². The monoisotopic (exact) mass is 274 g/mol. The smallest absolute Gasteiger partial charge is 0.130 e. The standard InChI is InChI=1S/C16H19ClN2/c1-16(2,3)13-8-9-15(18-11-13)19-14-7-5-4-6-12(14)10-17/h4-9,11H,10H2,1-3H3,(H,18,19). The van der Waals surface area contributed by atoms with E-state index in [1.54, 1.807) is 0 Å². The van der Waals surface area contributed by atoms with Crippen molar-refractivity contribution in [2.45, 2.75) is 32.1 Å². The molecule has 0 atom stereocenters. The summed E-state index contributed by atoms with van der Waals surface area (Å²) in [6, 6.07) is 12.1. The minimum atomic E-state index is 0.125. The van der Waals surface area contributed by atoms with Gasteiger partial charge in [0.15, 0.2) is 0 Å². The molecule has 2 aromatic rings. The maximum Gasteiger partial charge on any atom is 0.130 e. The van der Waals surface area contributed by atoms with E-state index in [2.05, 4.69) is 37.1 Å². The van der Waals surface area contributed by atoms with Crippen molar-refractivity contribution in [1.29, 1.82) is 0 Å². The second-order valence-electron chi connectivity index (χ2n) is 5.60. The number of hydrogen-bond donors (Lipinski definition) is 1. The number of aromatic nitrogens is 1. The summed E-state index contributed by atoms with van der Waals surface area (Å²) in [6.45, 7) is 6.54. The van der Waals surface area contributed by atoms with E-state index in [0.717, 1.165) is 17.1 Å². The first-order valence-corrected chi connectivity index (χ1v) is 6.91. The number of anilines is 2. The van der Waals surface area contributed by atoms with Crippen molar-refractivity contribution in [2.75, 3.05) is 5.32 Å². The molecule has 0 unspecified atom stereocenters. The predicted molar refractivity (Wildman–Crippen MR) is 82.2 cm³/mol. The van der Waals surface area contributed by atoms with Gasteiger partial charge in [0.25, 0.3) is 0 Å². The van der Waals surface area contributed by atoms with Crippen LogP contribution in [0.2, 0.25) is 0 Å². The zero-order valence-corrected chi connectivity index (χ0v) is 12.3. The Bertz CT molecular complexity index is 541. The Morgan fingerprint density at radius 3 is 2.42 bits per heavy atom. The lowest BCUT2D eigenvalue weighted by Crippen LogP contribution is -2.11. The molecule has 1 aromatic carbocycles. The van der Waals surface area contributed by atoms with Gasteiger partial charge in [-0.25, -0.2) is 4.98 Å². The largest absolute Gasteiger partial charge is 0.340 e. The van der Waals surface area contributed by atoms with Gasteiger partial charge in [0.1, 0.15) is 5.82 Å². The molecule has 2 rings (SSSR count). The number of nitrogens with zero attached hydrogens (tertiary/aromatic N) is 1. The summed E-state index contributed by atoms with van der Waals surface area (Å²) in [4.78, 5) is 4.46. The molecule has 1 aromatic heterocycles. The van der Waals surface area contributed by atoms with Gasteiger partial charge >= 0.3 is 0 Å². The van der Waals surface area contributed by atoms with E-state index >= 15 is 0 Å². The van der Waals surface area contributed by atoms with E-state index in [1.165, 1.54) is 5.56 Å². The topological polar surface area (TPSA) is 24.9 Å². The third-order valence-corrected chi connectivity index (χ3v) is 3.34. The zero-order valence-electron chi connectivity index (χ0n) is 11.6. The van der Waals surface area contributed by atoms with E-state index in [0.29, 0.717) is 5.88 Å². The number of alkyl halides is 1. The Morgan fingerprint density at radius 1 is 1.11 bits per heavy atom. The van der Waals surface area contributed by atoms with E-state index in [-0.39, 0.29) is 5.41 Å². The molecule has 0 spiro atoms. The summed E-state index contributed by atoms with van der Waals surface area (Å²) in [5, 5.41) is 3.31. The summed E-state index contributed by atoms with van der Waals surface area (Å²) < 4.78 is 0. The Morgan fingerprint density at radius 2 is 1.84 bits per heavy atom. The van der Waals surface area contributed by atoms with Gasteiger partial charge < -0.3 is 5.32 Å². The molecule has 0 bridgehead atoms.